The van der Waals surface area contributed by atoms with Gasteiger partial charge in [-0.25, -0.2) is 0 Å². The Balaban J connectivity index is 3.06. The van der Waals surface area contributed by atoms with Gasteiger partial charge < -0.3 is 4.74 Å². The molecule has 1 rings (SSSR count). The number of benzene rings is 1. The molecule has 19 heavy (non-hydrogen) atoms. The highest BCUT2D eigenvalue weighted by Gasteiger charge is 2.21. The molecule has 0 spiro atoms. The average molecular weight is 439 g/mol. The lowest BCUT2D eigenvalue weighted by Gasteiger charge is -2.14. The Morgan fingerprint density at radius 3 is 2.79 bits per heavy atom. The molecule has 0 N–H and O–H groups in total. The number of ether oxygens (including phenoxy) is 1. The molecule has 0 aromatic heterocycles. The van der Waals surface area contributed by atoms with Gasteiger partial charge in [-0.2, -0.15) is 5.26 Å². The Labute approximate surface area is 133 Å². The topological polar surface area (TPSA) is 76.2 Å². The average Bonchev–Trinajstić information content (AvgIpc) is 2.40. The summed E-state index contributed by atoms with van der Waals surface area (Å²) in [6, 6.07) is 4.73. The van der Waals surface area contributed by atoms with Crippen LogP contribution in [0.1, 0.15) is 18.9 Å². The fourth-order valence-corrected chi connectivity index (χ4v) is 2.81. The molecule has 0 fully saturated rings. The highest BCUT2D eigenvalue weighted by molar-refractivity contribution is 14.1. The van der Waals surface area contributed by atoms with Crippen LogP contribution in [0.15, 0.2) is 12.1 Å². The van der Waals surface area contributed by atoms with Gasteiger partial charge in [0.05, 0.1) is 26.7 Å². The highest BCUT2D eigenvalue weighted by Crippen LogP contribution is 2.34. The largest absolute Gasteiger partial charge is 0.486 e. The van der Waals surface area contributed by atoms with Gasteiger partial charge in [0.2, 0.25) is 5.75 Å². The van der Waals surface area contributed by atoms with Crippen LogP contribution in [0.25, 0.3) is 0 Å². The van der Waals surface area contributed by atoms with Crippen molar-refractivity contribution in [3.8, 4) is 11.8 Å². The third-order valence-corrected chi connectivity index (χ3v) is 4.33. The first kappa shape index (κ1) is 16.2. The number of hydrogen-bond acceptors (Lipinski definition) is 4. The summed E-state index contributed by atoms with van der Waals surface area (Å²) in [5.41, 5.74) is 0.101. The molecule has 1 aromatic rings. The maximum Gasteiger partial charge on any atom is 0.313 e. The third kappa shape index (κ3) is 4.31. The second-order valence-corrected chi connectivity index (χ2v) is 5.72. The van der Waals surface area contributed by atoms with Gasteiger partial charge in [0, 0.05) is 17.3 Å². The Kier molecular flexibility index (Phi) is 6.51. The smallest absolute Gasteiger partial charge is 0.313 e. The van der Waals surface area contributed by atoms with Crippen LogP contribution in [0.3, 0.4) is 0 Å². The first-order chi connectivity index (χ1) is 9.03. The molecule has 5 nitrogen and oxygen atoms in total. The summed E-state index contributed by atoms with van der Waals surface area (Å²) in [4.78, 5) is 10.5. The molecule has 0 aliphatic carbocycles. The van der Waals surface area contributed by atoms with Gasteiger partial charge in [0.25, 0.3) is 0 Å². The van der Waals surface area contributed by atoms with Crippen molar-refractivity contribution in [2.24, 2.45) is 5.92 Å². The first-order valence-electron chi connectivity index (χ1n) is 5.60. The van der Waals surface area contributed by atoms with E-state index in [4.69, 9.17) is 10.00 Å². The molecule has 0 aliphatic rings. The van der Waals surface area contributed by atoms with Crippen LogP contribution < -0.4 is 4.74 Å². The molecule has 102 valence electrons. The van der Waals surface area contributed by atoms with Gasteiger partial charge in [-0.3, -0.25) is 10.1 Å². The number of rotatable bonds is 6. The standard InChI is InChI=1S/C12H12BrIN2O3/c1-2-8(5-13)7-19-12-10(14)3-9(6-15)4-11(12)16(17)18/h3-4,8H,2,5,7H2,1H3. The monoisotopic (exact) mass is 438 g/mol. The number of nitro benzene ring substituents is 1. The summed E-state index contributed by atoms with van der Waals surface area (Å²) in [6.45, 7) is 2.44. The number of nitrogens with zero attached hydrogens (tertiary/aromatic N) is 2. The van der Waals surface area contributed by atoms with Gasteiger partial charge in [-0.05, 0) is 35.1 Å². The Hall–Kier alpha value is -0.880. The van der Waals surface area contributed by atoms with Crippen molar-refractivity contribution in [3.05, 3.63) is 31.4 Å². The predicted molar refractivity (Wildman–Crippen MR) is 83.6 cm³/mol. The van der Waals surface area contributed by atoms with Gasteiger partial charge >= 0.3 is 5.69 Å². The summed E-state index contributed by atoms with van der Waals surface area (Å²) >= 11 is 5.33. The third-order valence-electron chi connectivity index (χ3n) is 2.61. The minimum atomic E-state index is -0.520. The maximum absolute atomic E-state index is 11.0. The molecule has 0 bridgehead atoms. The number of nitriles is 1. The van der Waals surface area contributed by atoms with Gasteiger partial charge in [0.1, 0.15) is 0 Å². The molecule has 0 heterocycles. The summed E-state index contributed by atoms with van der Waals surface area (Å²) in [5.74, 6) is 0.537. The lowest BCUT2D eigenvalue weighted by Crippen LogP contribution is -2.13. The van der Waals surface area contributed by atoms with Crippen molar-refractivity contribution in [3.63, 3.8) is 0 Å². The lowest BCUT2D eigenvalue weighted by atomic mass is 10.1. The maximum atomic E-state index is 11.0. The Bertz CT molecular complexity index is 512. The molecule has 0 saturated carbocycles. The second-order valence-electron chi connectivity index (χ2n) is 3.91. The van der Waals surface area contributed by atoms with E-state index in [9.17, 15) is 10.1 Å². The molecule has 0 aliphatic heterocycles. The fraction of sp³-hybridized carbons (Fsp3) is 0.417. The summed E-state index contributed by atoms with van der Waals surface area (Å²) in [5, 5.41) is 20.6. The van der Waals surface area contributed by atoms with E-state index in [-0.39, 0.29) is 17.0 Å². The molecule has 0 amide bonds. The van der Waals surface area contributed by atoms with Crippen LogP contribution in [-0.2, 0) is 0 Å². The summed E-state index contributed by atoms with van der Waals surface area (Å²) < 4.78 is 6.16. The van der Waals surface area contributed by atoms with E-state index in [0.29, 0.717) is 16.1 Å². The number of halogens is 2. The van der Waals surface area contributed by atoms with Crippen LogP contribution in [0.4, 0.5) is 5.69 Å². The minimum absolute atomic E-state index is 0.159. The molecule has 1 atom stereocenters. The summed E-state index contributed by atoms with van der Waals surface area (Å²) in [7, 11) is 0. The summed E-state index contributed by atoms with van der Waals surface area (Å²) in [6.07, 6.45) is 0.923. The van der Waals surface area contributed by atoms with Crippen LogP contribution >= 0.6 is 38.5 Å². The molecular weight excluding hydrogens is 427 g/mol. The van der Waals surface area contributed by atoms with Gasteiger partial charge in [0.15, 0.2) is 0 Å². The molecule has 7 heteroatoms. The second kappa shape index (κ2) is 7.65. The van der Waals surface area contributed by atoms with E-state index in [1.54, 1.807) is 6.07 Å². The zero-order valence-electron chi connectivity index (χ0n) is 10.2. The first-order valence-corrected chi connectivity index (χ1v) is 7.80. The molecule has 1 aromatic carbocycles. The molecule has 0 radical (unpaired) electrons. The SMILES string of the molecule is CCC(CBr)COc1c(I)cc(C#N)cc1[N+](=O)[O-]. The van der Waals surface area contributed by atoms with Crippen molar-refractivity contribution < 1.29 is 9.66 Å². The zero-order chi connectivity index (χ0) is 14.4. The number of hydrogen-bond donors (Lipinski definition) is 0. The van der Waals surface area contributed by atoms with Gasteiger partial charge in [-0.1, -0.05) is 22.9 Å². The van der Waals surface area contributed by atoms with Crippen LogP contribution in [0.5, 0.6) is 5.75 Å². The van der Waals surface area contributed by atoms with E-state index in [2.05, 4.69) is 15.9 Å². The highest BCUT2D eigenvalue weighted by atomic mass is 127. The van der Waals surface area contributed by atoms with Crippen molar-refractivity contribution in [2.45, 2.75) is 13.3 Å². The van der Waals surface area contributed by atoms with Crippen LogP contribution in [0.2, 0.25) is 0 Å². The zero-order valence-corrected chi connectivity index (χ0v) is 14.0. The van der Waals surface area contributed by atoms with E-state index in [1.165, 1.54) is 6.07 Å². The minimum Gasteiger partial charge on any atom is -0.486 e. The number of nitro groups is 1. The van der Waals surface area contributed by atoms with Crippen molar-refractivity contribution >= 4 is 44.2 Å². The van der Waals surface area contributed by atoms with E-state index >= 15 is 0 Å². The fourth-order valence-electron chi connectivity index (χ4n) is 1.39. The normalized spacial score (nSPS) is 11.7. The molecule has 0 saturated heterocycles. The van der Waals surface area contributed by atoms with E-state index < -0.39 is 4.92 Å². The Morgan fingerprint density at radius 2 is 2.32 bits per heavy atom. The van der Waals surface area contributed by atoms with Crippen LogP contribution in [-0.4, -0.2) is 16.9 Å². The quantitative estimate of drug-likeness (QED) is 0.292. The van der Waals surface area contributed by atoms with E-state index in [1.807, 2.05) is 35.6 Å². The van der Waals surface area contributed by atoms with Crippen LogP contribution in [0, 0.1) is 30.9 Å². The number of alkyl halides is 1. The van der Waals surface area contributed by atoms with Crippen molar-refractivity contribution in [1.29, 1.82) is 5.26 Å². The van der Waals surface area contributed by atoms with Gasteiger partial charge in [-0.15, -0.1) is 0 Å². The van der Waals surface area contributed by atoms with Crippen molar-refractivity contribution in [1.82, 2.24) is 0 Å². The predicted octanol–water partition coefficient (Wildman–Crippen LogP) is 3.87. The molecular formula is C12H12BrIN2O3. The molecule has 1 unspecified atom stereocenters. The lowest BCUT2D eigenvalue weighted by molar-refractivity contribution is -0.386. The van der Waals surface area contributed by atoms with E-state index in [0.717, 1.165) is 11.8 Å². The van der Waals surface area contributed by atoms with Crippen molar-refractivity contribution in [2.75, 3.05) is 11.9 Å². The Morgan fingerprint density at radius 1 is 1.63 bits per heavy atom.